The van der Waals surface area contributed by atoms with Crippen LogP contribution in [0.25, 0.3) is 11.3 Å². The van der Waals surface area contributed by atoms with Gasteiger partial charge in [0.15, 0.2) is 0 Å². The van der Waals surface area contributed by atoms with E-state index in [1.807, 2.05) is 35.2 Å². The number of benzene rings is 1. The van der Waals surface area contributed by atoms with E-state index in [2.05, 4.69) is 10.2 Å². The molecule has 5 heteroatoms. The van der Waals surface area contributed by atoms with Gasteiger partial charge in [-0.05, 0) is 43.2 Å². The number of carbonyl (C=O) groups is 1. The zero-order chi connectivity index (χ0) is 16.1. The predicted octanol–water partition coefficient (Wildman–Crippen LogP) is 3.49. The summed E-state index contributed by atoms with van der Waals surface area (Å²) in [6, 6.07) is 9.51. The van der Waals surface area contributed by atoms with Gasteiger partial charge in [0.25, 0.3) is 5.91 Å². The summed E-state index contributed by atoms with van der Waals surface area (Å²) in [6.07, 6.45) is 5.89. The molecule has 0 atom stereocenters. The van der Waals surface area contributed by atoms with Gasteiger partial charge in [-0.1, -0.05) is 19.3 Å². The Bertz CT molecular complexity index is 641. The fourth-order valence-electron chi connectivity index (χ4n) is 2.96. The van der Waals surface area contributed by atoms with Crippen LogP contribution in [0, 0.1) is 0 Å². The van der Waals surface area contributed by atoms with Crippen molar-refractivity contribution in [1.82, 2.24) is 15.1 Å². The molecule has 5 nitrogen and oxygen atoms in total. The van der Waals surface area contributed by atoms with Gasteiger partial charge < -0.3 is 9.64 Å². The quantitative estimate of drug-likeness (QED) is 0.943. The zero-order valence-electron chi connectivity index (χ0n) is 13.5. The number of rotatable bonds is 3. The van der Waals surface area contributed by atoms with Gasteiger partial charge >= 0.3 is 0 Å². The van der Waals surface area contributed by atoms with E-state index in [-0.39, 0.29) is 5.91 Å². The van der Waals surface area contributed by atoms with Crippen molar-refractivity contribution in [1.29, 1.82) is 0 Å². The predicted molar refractivity (Wildman–Crippen MR) is 89.6 cm³/mol. The molecule has 0 unspecified atom stereocenters. The maximum absolute atomic E-state index is 12.6. The van der Waals surface area contributed by atoms with E-state index in [9.17, 15) is 4.79 Å². The highest BCUT2D eigenvalue weighted by molar-refractivity contribution is 5.93. The summed E-state index contributed by atoms with van der Waals surface area (Å²) >= 11 is 0. The molecule has 1 aliphatic heterocycles. The van der Waals surface area contributed by atoms with Gasteiger partial charge in [-0.2, -0.15) is 5.10 Å². The first-order valence-corrected chi connectivity index (χ1v) is 8.27. The molecule has 1 aliphatic rings. The molecule has 3 rings (SSSR count). The molecule has 2 heterocycles. The third-order valence-electron chi connectivity index (χ3n) is 4.34. The second-order valence-electron chi connectivity index (χ2n) is 5.96. The van der Waals surface area contributed by atoms with E-state index in [0.29, 0.717) is 5.69 Å². The summed E-state index contributed by atoms with van der Waals surface area (Å²) < 4.78 is 5.16. The number of ether oxygens (including phenoxy) is 1. The van der Waals surface area contributed by atoms with Crippen LogP contribution >= 0.6 is 0 Å². The van der Waals surface area contributed by atoms with Crippen LogP contribution in [0.4, 0.5) is 0 Å². The van der Waals surface area contributed by atoms with E-state index < -0.39 is 0 Å². The standard InChI is InChI=1S/C18H23N3O2/c1-23-15-9-7-14(8-10-15)16-13-17(20-19-16)18(22)21-11-5-3-2-4-6-12-21/h7-10,13H,2-6,11-12H2,1H3,(H,19,20). The average Bonchev–Trinajstić information content (AvgIpc) is 3.04. The molecule has 0 aliphatic carbocycles. The number of hydrogen-bond donors (Lipinski definition) is 1. The number of carbonyl (C=O) groups excluding carboxylic acids is 1. The minimum absolute atomic E-state index is 0.0548. The molecule has 122 valence electrons. The van der Waals surface area contributed by atoms with E-state index in [4.69, 9.17) is 4.74 Å². The molecular weight excluding hydrogens is 290 g/mol. The Balaban J connectivity index is 1.73. The van der Waals surface area contributed by atoms with Gasteiger partial charge in [0.05, 0.1) is 12.8 Å². The van der Waals surface area contributed by atoms with Crippen molar-refractivity contribution in [2.75, 3.05) is 20.2 Å². The Morgan fingerprint density at radius 1 is 1.09 bits per heavy atom. The first-order chi connectivity index (χ1) is 11.3. The first-order valence-electron chi connectivity index (χ1n) is 8.27. The lowest BCUT2D eigenvalue weighted by molar-refractivity contribution is 0.0736. The van der Waals surface area contributed by atoms with E-state index in [0.717, 1.165) is 42.9 Å². The number of hydrogen-bond acceptors (Lipinski definition) is 3. The Labute approximate surface area is 136 Å². The number of nitrogens with one attached hydrogen (secondary N) is 1. The van der Waals surface area contributed by atoms with Crippen LogP contribution in [-0.2, 0) is 0 Å². The van der Waals surface area contributed by atoms with Crippen molar-refractivity contribution in [2.24, 2.45) is 0 Å². The fraction of sp³-hybridized carbons (Fsp3) is 0.444. The monoisotopic (exact) mass is 313 g/mol. The van der Waals surface area contributed by atoms with Crippen LogP contribution in [0.2, 0.25) is 0 Å². The SMILES string of the molecule is COc1ccc(-c2cc(C(=O)N3CCCCCCC3)[nH]n2)cc1. The van der Waals surface area contributed by atoms with Crippen LogP contribution in [0.3, 0.4) is 0 Å². The second-order valence-corrected chi connectivity index (χ2v) is 5.96. The van der Waals surface area contributed by atoms with Gasteiger partial charge in [-0.25, -0.2) is 0 Å². The van der Waals surface area contributed by atoms with Crippen LogP contribution in [0.1, 0.15) is 42.6 Å². The smallest absolute Gasteiger partial charge is 0.271 e. The zero-order valence-corrected chi connectivity index (χ0v) is 13.5. The maximum Gasteiger partial charge on any atom is 0.271 e. The molecule has 1 saturated heterocycles. The number of H-pyrrole nitrogens is 1. The van der Waals surface area contributed by atoms with Gasteiger partial charge in [-0.3, -0.25) is 9.89 Å². The molecule has 0 bridgehead atoms. The average molecular weight is 313 g/mol. The summed E-state index contributed by atoms with van der Waals surface area (Å²) in [5.41, 5.74) is 2.31. The van der Waals surface area contributed by atoms with Gasteiger partial charge in [0, 0.05) is 18.7 Å². The minimum Gasteiger partial charge on any atom is -0.497 e. The lowest BCUT2D eigenvalue weighted by Gasteiger charge is -2.24. The highest BCUT2D eigenvalue weighted by Crippen LogP contribution is 2.22. The van der Waals surface area contributed by atoms with Crippen LogP contribution in [-0.4, -0.2) is 41.2 Å². The Kier molecular flexibility index (Phi) is 4.95. The highest BCUT2D eigenvalue weighted by Gasteiger charge is 2.19. The lowest BCUT2D eigenvalue weighted by atomic mass is 10.1. The molecule has 2 aromatic rings. The lowest BCUT2D eigenvalue weighted by Crippen LogP contribution is -2.34. The second kappa shape index (κ2) is 7.31. The molecule has 1 aromatic heterocycles. The topological polar surface area (TPSA) is 58.2 Å². The summed E-state index contributed by atoms with van der Waals surface area (Å²) in [7, 11) is 1.64. The third-order valence-corrected chi connectivity index (χ3v) is 4.34. The van der Waals surface area contributed by atoms with Crippen LogP contribution in [0.15, 0.2) is 30.3 Å². The number of likely N-dealkylation sites (tertiary alicyclic amines) is 1. The molecule has 0 saturated carbocycles. The number of amides is 1. The molecule has 1 fully saturated rings. The van der Waals surface area contributed by atoms with Crippen LogP contribution < -0.4 is 4.74 Å². The summed E-state index contributed by atoms with van der Waals surface area (Å²) in [5, 5.41) is 7.18. The van der Waals surface area contributed by atoms with E-state index >= 15 is 0 Å². The molecule has 0 radical (unpaired) electrons. The summed E-state index contributed by atoms with van der Waals surface area (Å²) in [4.78, 5) is 14.6. The van der Waals surface area contributed by atoms with Crippen molar-refractivity contribution in [3.05, 3.63) is 36.0 Å². The largest absolute Gasteiger partial charge is 0.497 e. The molecule has 1 aromatic carbocycles. The normalized spacial score (nSPS) is 15.8. The fourth-order valence-corrected chi connectivity index (χ4v) is 2.96. The third kappa shape index (κ3) is 3.73. The molecule has 23 heavy (non-hydrogen) atoms. The molecule has 1 N–H and O–H groups in total. The van der Waals surface area contributed by atoms with Crippen molar-refractivity contribution >= 4 is 5.91 Å². The van der Waals surface area contributed by atoms with Crippen molar-refractivity contribution in [3.8, 4) is 17.0 Å². The van der Waals surface area contributed by atoms with Gasteiger partial charge in [0.2, 0.25) is 0 Å². The number of nitrogens with zero attached hydrogens (tertiary/aromatic N) is 2. The number of aromatic amines is 1. The first kappa shape index (κ1) is 15.6. The summed E-state index contributed by atoms with van der Waals surface area (Å²) in [6.45, 7) is 1.69. The van der Waals surface area contributed by atoms with Crippen molar-refractivity contribution in [2.45, 2.75) is 32.1 Å². The van der Waals surface area contributed by atoms with Crippen molar-refractivity contribution < 1.29 is 9.53 Å². The highest BCUT2D eigenvalue weighted by atomic mass is 16.5. The Morgan fingerprint density at radius 3 is 2.39 bits per heavy atom. The molecular formula is C18H23N3O2. The summed E-state index contributed by atoms with van der Waals surface area (Å²) in [5.74, 6) is 0.861. The van der Waals surface area contributed by atoms with Gasteiger partial charge in [0.1, 0.15) is 11.4 Å². The molecule has 0 spiro atoms. The number of aromatic nitrogens is 2. The van der Waals surface area contributed by atoms with Crippen molar-refractivity contribution in [3.63, 3.8) is 0 Å². The van der Waals surface area contributed by atoms with E-state index in [1.165, 1.54) is 19.3 Å². The Morgan fingerprint density at radius 2 is 1.74 bits per heavy atom. The minimum atomic E-state index is 0.0548. The Hall–Kier alpha value is -2.30. The van der Waals surface area contributed by atoms with Crippen LogP contribution in [0.5, 0.6) is 5.75 Å². The number of methoxy groups -OCH3 is 1. The van der Waals surface area contributed by atoms with E-state index in [1.54, 1.807) is 7.11 Å². The molecule has 1 amide bonds. The maximum atomic E-state index is 12.6. The van der Waals surface area contributed by atoms with Gasteiger partial charge in [-0.15, -0.1) is 0 Å².